The molecule has 0 N–H and O–H groups in total. The molecule has 0 spiro atoms. The molecule has 3 heterocycles. The smallest absolute Gasteiger partial charge is 0.266 e. The van der Waals surface area contributed by atoms with Crippen molar-refractivity contribution in [3.63, 3.8) is 0 Å². The Balaban J connectivity index is 1.67. The Hall–Kier alpha value is -3.80. The van der Waals surface area contributed by atoms with E-state index in [0.717, 1.165) is 23.1 Å². The van der Waals surface area contributed by atoms with E-state index < -0.39 is 0 Å². The monoisotopic (exact) mass is 395 g/mol. The van der Waals surface area contributed by atoms with Crippen LogP contribution in [0.3, 0.4) is 0 Å². The normalized spacial score (nSPS) is 12.5. The van der Waals surface area contributed by atoms with Gasteiger partial charge in [-0.3, -0.25) is 9.78 Å². The quantitative estimate of drug-likeness (QED) is 0.432. The molecule has 0 bridgehead atoms. The molecule has 6 heteroatoms. The van der Waals surface area contributed by atoms with E-state index in [4.69, 9.17) is 0 Å². The second-order valence-corrected chi connectivity index (χ2v) is 7.49. The van der Waals surface area contributed by atoms with E-state index in [-0.39, 0.29) is 11.8 Å². The van der Waals surface area contributed by atoms with E-state index in [1.54, 1.807) is 33.7 Å². The summed E-state index contributed by atoms with van der Waals surface area (Å²) in [7, 11) is 0. The predicted octanol–water partition coefficient (Wildman–Crippen LogP) is 4.95. The average molecular weight is 395 g/mol. The Morgan fingerprint density at radius 2 is 1.83 bits per heavy atom. The zero-order valence-electron chi connectivity index (χ0n) is 16.9. The minimum absolute atomic E-state index is 0.122. The molecule has 0 radical (unpaired) electrons. The maximum atomic E-state index is 13.3. The van der Waals surface area contributed by atoms with Crippen LogP contribution in [0.2, 0.25) is 0 Å². The first-order valence-corrected chi connectivity index (χ1v) is 10.1. The first-order chi connectivity index (χ1) is 14.7. The van der Waals surface area contributed by atoms with Crippen molar-refractivity contribution in [2.45, 2.75) is 26.2 Å². The van der Waals surface area contributed by atoms with E-state index >= 15 is 0 Å². The van der Waals surface area contributed by atoms with Crippen LogP contribution >= 0.6 is 0 Å². The number of nitrogens with zero attached hydrogens (tertiary/aromatic N) is 5. The lowest BCUT2D eigenvalue weighted by molar-refractivity contribution is 0.0959. The minimum Gasteiger partial charge on any atom is -0.268 e. The van der Waals surface area contributed by atoms with Gasteiger partial charge in [0.05, 0.1) is 11.3 Å². The molecule has 0 aliphatic heterocycles. The van der Waals surface area contributed by atoms with Gasteiger partial charge in [-0.1, -0.05) is 50.2 Å². The minimum atomic E-state index is -0.147. The van der Waals surface area contributed by atoms with Crippen molar-refractivity contribution in [1.82, 2.24) is 24.4 Å². The third kappa shape index (κ3) is 2.97. The first kappa shape index (κ1) is 18.2. The van der Waals surface area contributed by atoms with Gasteiger partial charge in [0.15, 0.2) is 5.65 Å². The van der Waals surface area contributed by atoms with E-state index in [1.165, 1.54) is 5.39 Å². The molecular formula is C24H21N5O. The summed E-state index contributed by atoms with van der Waals surface area (Å²) >= 11 is 0. The van der Waals surface area contributed by atoms with Crippen molar-refractivity contribution in [1.29, 1.82) is 0 Å². The highest BCUT2D eigenvalue weighted by Gasteiger charge is 2.24. The van der Waals surface area contributed by atoms with Gasteiger partial charge >= 0.3 is 0 Å². The summed E-state index contributed by atoms with van der Waals surface area (Å²) in [5, 5.41) is 11.7. The summed E-state index contributed by atoms with van der Waals surface area (Å²) in [5.41, 5.74) is 2.95. The van der Waals surface area contributed by atoms with Crippen LogP contribution in [0.1, 0.15) is 42.4 Å². The fourth-order valence-corrected chi connectivity index (χ4v) is 3.67. The summed E-state index contributed by atoms with van der Waals surface area (Å²) in [5.74, 6) is 0.682. The third-order valence-corrected chi connectivity index (χ3v) is 5.54. The molecule has 5 aromatic rings. The van der Waals surface area contributed by atoms with Gasteiger partial charge in [0, 0.05) is 29.9 Å². The van der Waals surface area contributed by atoms with E-state index in [9.17, 15) is 4.79 Å². The molecule has 3 aromatic heterocycles. The Morgan fingerprint density at radius 1 is 1.00 bits per heavy atom. The number of hydrogen-bond acceptors (Lipinski definition) is 4. The first-order valence-electron chi connectivity index (χ1n) is 10.1. The Morgan fingerprint density at radius 3 is 2.60 bits per heavy atom. The van der Waals surface area contributed by atoms with Gasteiger partial charge in [-0.25, -0.2) is 4.57 Å². The van der Waals surface area contributed by atoms with Gasteiger partial charge in [-0.05, 0) is 35.4 Å². The van der Waals surface area contributed by atoms with E-state index in [2.05, 4.69) is 53.3 Å². The maximum Gasteiger partial charge on any atom is 0.266 e. The van der Waals surface area contributed by atoms with Crippen LogP contribution in [-0.4, -0.2) is 30.3 Å². The average Bonchev–Trinajstić information content (AvgIpc) is 3.36. The Bertz CT molecular complexity index is 1370. The van der Waals surface area contributed by atoms with Crippen LogP contribution in [0.25, 0.3) is 27.7 Å². The lowest BCUT2D eigenvalue weighted by Gasteiger charge is -2.10. The standard InChI is InChI=1S/C24H21N5O/c1-3-16(2)23-27-29-22(28(23)24(30)20-9-6-12-25-15-20)14-21(26-29)19-11-10-17-7-4-5-8-18(17)13-19/h4-16H,3H2,1-2H3. The van der Waals surface area contributed by atoms with Gasteiger partial charge in [0.2, 0.25) is 0 Å². The van der Waals surface area contributed by atoms with Crippen molar-refractivity contribution < 1.29 is 4.79 Å². The van der Waals surface area contributed by atoms with Crippen molar-refractivity contribution >= 4 is 22.3 Å². The molecule has 30 heavy (non-hydrogen) atoms. The van der Waals surface area contributed by atoms with Gasteiger partial charge in [-0.15, -0.1) is 14.8 Å². The molecule has 0 fully saturated rings. The second-order valence-electron chi connectivity index (χ2n) is 7.49. The van der Waals surface area contributed by atoms with Crippen LogP contribution in [0.15, 0.2) is 73.1 Å². The van der Waals surface area contributed by atoms with Gasteiger partial charge in [0.25, 0.3) is 5.91 Å². The molecule has 1 unspecified atom stereocenters. The van der Waals surface area contributed by atoms with Crippen LogP contribution in [0, 0.1) is 0 Å². The van der Waals surface area contributed by atoms with Crippen LogP contribution in [0.4, 0.5) is 0 Å². The van der Waals surface area contributed by atoms with E-state index in [1.807, 2.05) is 24.3 Å². The van der Waals surface area contributed by atoms with Gasteiger partial charge in [-0.2, -0.15) is 0 Å². The molecule has 0 saturated heterocycles. The number of benzene rings is 2. The SMILES string of the molecule is CCC(C)c1nn2nc(-c3ccc4ccccc4c3)cc2n1C(=O)c1cccnc1. The van der Waals surface area contributed by atoms with Crippen molar-refractivity contribution in [3.8, 4) is 11.3 Å². The number of rotatable bonds is 4. The lowest BCUT2D eigenvalue weighted by Crippen LogP contribution is -2.17. The van der Waals surface area contributed by atoms with Crippen molar-refractivity contribution in [2.75, 3.05) is 0 Å². The van der Waals surface area contributed by atoms with E-state index in [0.29, 0.717) is 17.0 Å². The van der Waals surface area contributed by atoms with Crippen molar-refractivity contribution in [3.05, 3.63) is 84.4 Å². The summed E-state index contributed by atoms with van der Waals surface area (Å²) in [6.07, 6.45) is 4.12. The van der Waals surface area contributed by atoms with Crippen LogP contribution < -0.4 is 0 Å². The molecule has 1 atom stereocenters. The van der Waals surface area contributed by atoms with Crippen molar-refractivity contribution in [2.24, 2.45) is 0 Å². The van der Waals surface area contributed by atoms with Crippen LogP contribution in [0.5, 0.6) is 0 Å². The Labute approximate surface area is 173 Å². The summed E-state index contributed by atoms with van der Waals surface area (Å²) < 4.78 is 3.24. The summed E-state index contributed by atoms with van der Waals surface area (Å²) in [6.45, 7) is 4.15. The van der Waals surface area contributed by atoms with Gasteiger partial charge < -0.3 is 0 Å². The largest absolute Gasteiger partial charge is 0.268 e. The Kier molecular flexibility index (Phi) is 4.39. The fourth-order valence-electron chi connectivity index (χ4n) is 3.67. The highest BCUT2D eigenvalue weighted by molar-refractivity contribution is 5.98. The molecule has 0 aliphatic carbocycles. The molecular weight excluding hydrogens is 374 g/mol. The molecule has 0 saturated carbocycles. The molecule has 6 nitrogen and oxygen atoms in total. The maximum absolute atomic E-state index is 13.3. The molecule has 0 aliphatic rings. The van der Waals surface area contributed by atoms with Crippen LogP contribution in [-0.2, 0) is 0 Å². The zero-order chi connectivity index (χ0) is 20.7. The summed E-state index contributed by atoms with van der Waals surface area (Å²) in [6, 6.07) is 19.9. The number of fused-ring (bicyclic) bond motifs is 2. The lowest BCUT2D eigenvalue weighted by atomic mass is 10.1. The highest BCUT2D eigenvalue weighted by atomic mass is 16.2. The molecule has 2 aromatic carbocycles. The predicted molar refractivity (Wildman–Crippen MR) is 117 cm³/mol. The number of hydrogen-bond donors (Lipinski definition) is 0. The molecule has 148 valence electrons. The third-order valence-electron chi connectivity index (χ3n) is 5.54. The topological polar surface area (TPSA) is 65.1 Å². The second kappa shape index (κ2) is 7.22. The number of pyridine rings is 1. The molecule has 0 amide bonds. The highest BCUT2D eigenvalue weighted by Crippen LogP contribution is 2.27. The number of aromatic nitrogens is 5. The fraction of sp³-hybridized carbons (Fsp3) is 0.167. The number of carbonyl (C=O) groups is 1. The summed E-state index contributed by atoms with van der Waals surface area (Å²) in [4.78, 5) is 17.4. The zero-order valence-corrected chi connectivity index (χ0v) is 16.9. The number of carbonyl (C=O) groups excluding carboxylic acids is 1. The van der Waals surface area contributed by atoms with Gasteiger partial charge in [0.1, 0.15) is 5.82 Å². The molecule has 5 rings (SSSR count).